The van der Waals surface area contributed by atoms with Crippen molar-refractivity contribution in [2.45, 2.75) is 5.41 Å². The number of anilines is 3. The van der Waals surface area contributed by atoms with E-state index < -0.39 is 5.41 Å². The maximum Gasteiger partial charge on any atom is 0.137 e. The van der Waals surface area contributed by atoms with Crippen molar-refractivity contribution >= 4 is 60.9 Å². The zero-order valence-corrected chi connectivity index (χ0v) is 28.2. The van der Waals surface area contributed by atoms with E-state index in [9.17, 15) is 0 Å². The van der Waals surface area contributed by atoms with Gasteiger partial charge in [-0.3, -0.25) is 0 Å². The van der Waals surface area contributed by atoms with Crippen LogP contribution in [-0.4, -0.2) is 0 Å². The first-order valence-electron chi connectivity index (χ1n) is 17.8. The maximum absolute atomic E-state index is 6.74. The molecule has 0 saturated carbocycles. The Balaban J connectivity index is 1.13. The summed E-state index contributed by atoms with van der Waals surface area (Å²) in [4.78, 5) is 2.33. The van der Waals surface area contributed by atoms with Crippen LogP contribution in [0.1, 0.15) is 22.3 Å². The monoisotopic (exact) mass is 665 g/mol. The number of hydrogen-bond donors (Lipinski definition) is 0. The molecule has 8 aromatic carbocycles. The highest BCUT2D eigenvalue weighted by Crippen LogP contribution is 2.56. The molecule has 0 spiro atoms. The van der Waals surface area contributed by atoms with Gasteiger partial charge in [0.15, 0.2) is 0 Å². The SMILES string of the molecule is c1ccc(N(c2ccc3oc4cc(C5(c6ccccc6)c6ccccc6-c6ccccc65)ccc4c3c2)c2cccc3oc4ccccc4c23)cc1. The number of fused-ring (bicyclic) bond motifs is 9. The highest BCUT2D eigenvalue weighted by molar-refractivity contribution is 6.14. The predicted molar refractivity (Wildman–Crippen MR) is 213 cm³/mol. The summed E-state index contributed by atoms with van der Waals surface area (Å²) in [5.74, 6) is 0. The van der Waals surface area contributed by atoms with E-state index in [2.05, 4.69) is 181 Å². The van der Waals surface area contributed by atoms with Gasteiger partial charge in [0.25, 0.3) is 0 Å². The van der Waals surface area contributed by atoms with Gasteiger partial charge >= 0.3 is 0 Å². The zero-order valence-electron chi connectivity index (χ0n) is 28.2. The second kappa shape index (κ2) is 11.1. The van der Waals surface area contributed by atoms with Gasteiger partial charge in [0.1, 0.15) is 22.3 Å². The summed E-state index contributed by atoms with van der Waals surface area (Å²) < 4.78 is 13.1. The first-order valence-corrected chi connectivity index (χ1v) is 17.8. The number of para-hydroxylation sites is 2. The van der Waals surface area contributed by atoms with Gasteiger partial charge in [-0.2, -0.15) is 0 Å². The molecule has 3 heteroatoms. The molecule has 11 rings (SSSR count). The van der Waals surface area contributed by atoms with Gasteiger partial charge in [0, 0.05) is 27.5 Å². The minimum Gasteiger partial charge on any atom is -0.456 e. The Bertz CT molecular complexity index is 2930. The van der Waals surface area contributed by atoms with Crippen molar-refractivity contribution in [3.63, 3.8) is 0 Å². The topological polar surface area (TPSA) is 29.5 Å². The molecule has 1 aliphatic rings. The Morgan fingerprint density at radius 2 is 1.00 bits per heavy atom. The second-order valence-electron chi connectivity index (χ2n) is 13.6. The molecule has 0 amide bonds. The van der Waals surface area contributed by atoms with Crippen LogP contribution in [0.25, 0.3) is 55.0 Å². The molecular weight excluding hydrogens is 635 g/mol. The fourth-order valence-corrected chi connectivity index (χ4v) is 8.80. The van der Waals surface area contributed by atoms with Crippen LogP contribution in [-0.2, 0) is 5.41 Å². The molecule has 0 atom stereocenters. The van der Waals surface area contributed by atoms with E-state index in [-0.39, 0.29) is 0 Å². The first kappa shape index (κ1) is 28.9. The lowest BCUT2D eigenvalue weighted by Gasteiger charge is -2.33. The Morgan fingerprint density at radius 3 is 1.79 bits per heavy atom. The molecule has 0 bridgehead atoms. The number of hydrogen-bond acceptors (Lipinski definition) is 3. The minimum absolute atomic E-state index is 0.483. The largest absolute Gasteiger partial charge is 0.456 e. The van der Waals surface area contributed by atoms with E-state index in [0.717, 1.165) is 60.9 Å². The minimum atomic E-state index is -0.483. The van der Waals surface area contributed by atoms with E-state index in [0.29, 0.717) is 0 Å². The summed E-state index contributed by atoms with van der Waals surface area (Å²) in [6.07, 6.45) is 0. The number of benzene rings is 8. The van der Waals surface area contributed by atoms with Crippen molar-refractivity contribution in [3.8, 4) is 11.1 Å². The summed E-state index contributed by atoms with van der Waals surface area (Å²) in [6, 6.07) is 67.1. The van der Waals surface area contributed by atoms with E-state index >= 15 is 0 Å². The zero-order chi connectivity index (χ0) is 34.2. The number of rotatable bonds is 5. The van der Waals surface area contributed by atoms with Crippen LogP contribution in [0.5, 0.6) is 0 Å². The fraction of sp³-hybridized carbons (Fsp3) is 0.0204. The third-order valence-electron chi connectivity index (χ3n) is 10.9. The molecule has 52 heavy (non-hydrogen) atoms. The smallest absolute Gasteiger partial charge is 0.137 e. The first-order chi connectivity index (χ1) is 25.8. The van der Waals surface area contributed by atoms with Crippen molar-refractivity contribution in [1.29, 1.82) is 0 Å². The Kier molecular flexibility index (Phi) is 6.17. The van der Waals surface area contributed by atoms with Gasteiger partial charge in [-0.25, -0.2) is 0 Å². The third-order valence-corrected chi connectivity index (χ3v) is 10.9. The van der Waals surface area contributed by atoms with Crippen molar-refractivity contribution in [2.75, 3.05) is 4.90 Å². The Labute approximate surface area is 300 Å². The average molecular weight is 666 g/mol. The lowest BCUT2D eigenvalue weighted by molar-refractivity contribution is 0.665. The summed E-state index contributed by atoms with van der Waals surface area (Å²) in [5.41, 5.74) is 13.7. The third kappa shape index (κ3) is 4.02. The molecule has 0 aliphatic heterocycles. The van der Waals surface area contributed by atoms with Crippen molar-refractivity contribution in [2.24, 2.45) is 0 Å². The molecule has 1 aliphatic carbocycles. The van der Waals surface area contributed by atoms with Crippen LogP contribution in [0.3, 0.4) is 0 Å². The molecule has 2 aromatic heterocycles. The lowest BCUT2D eigenvalue weighted by Crippen LogP contribution is -2.28. The van der Waals surface area contributed by atoms with E-state index in [1.54, 1.807) is 0 Å². The predicted octanol–water partition coefficient (Wildman–Crippen LogP) is 13.3. The van der Waals surface area contributed by atoms with Crippen LogP contribution in [0, 0.1) is 0 Å². The lowest BCUT2D eigenvalue weighted by atomic mass is 9.67. The fourth-order valence-electron chi connectivity index (χ4n) is 8.80. The summed E-state index contributed by atoms with van der Waals surface area (Å²) >= 11 is 0. The molecule has 0 saturated heterocycles. The van der Waals surface area contributed by atoms with Gasteiger partial charge in [-0.15, -0.1) is 0 Å². The Hall–Kier alpha value is -6.84. The van der Waals surface area contributed by atoms with Crippen molar-refractivity contribution in [3.05, 3.63) is 210 Å². The second-order valence-corrected chi connectivity index (χ2v) is 13.6. The Morgan fingerprint density at radius 1 is 0.365 bits per heavy atom. The highest BCUT2D eigenvalue weighted by atomic mass is 16.3. The van der Waals surface area contributed by atoms with Crippen LogP contribution in [0.2, 0.25) is 0 Å². The van der Waals surface area contributed by atoms with Crippen LogP contribution < -0.4 is 4.90 Å². The van der Waals surface area contributed by atoms with Gasteiger partial charge in [0.2, 0.25) is 0 Å². The van der Waals surface area contributed by atoms with Crippen LogP contribution >= 0.6 is 0 Å². The standard InChI is InChI=1S/C49H31NO2/c1-3-14-32(15-4-1)49(41-21-10-7-18-36(41)37-19-8-11-22-42(37)49)33-26-28-38-40-31-35(27-29-45(40)52-47(38)30-33)50(34-16-5-2-6-17-34)43-23-13-25-46-48(43)39-20-9-12-24-44(39)51-46/h1-31H. The summed E-state index contributed by atoms with van der Waals surface area (Å²) in [7, 11) is 0. The molecule has 0 fully saturated rings. The van der Waals surface area contributed by atoms with Gasteiger partial charge in [-0.05, 0) is 88.0 Å². The molecule has 0 N–H and O–H groups in total. The molecule has 10 aromatic rings. The van der Waals surface area contributed by atoms with Gasteiger partial charge < -0.3 is 13.7 Å². The van der Waals surface area contributed by atoms with E-state index in [1.807, 2.05) is 12.1 Å². The molecule has 2 heterocycles. The van der Waals surface area contributed by atoms with Crippen molar-refractivity contribution in [1.82, 2.24) is 0 Å². The number of nitrogens with zero attached hydrogens (tertiary/aromatic N) is 1. The molecule has 0 unspecified atom stereocenters. The van der Waals surface area contributed by atoms with Gasteiger partial charge in [-0.1, -0.05) is 133 Å². The molecular formula is C49H31NO2. The van der Waals surface area contributed by atoms with E-state index in [1.165, 1.54) is 33.4 Å². The van der Waals surface area contributed by atoms with Gasteiger partial charge in [0.05, 0.1) is 16.5 Å². The van der Waals surface area contributed by atoms with Crippen LogP contribution in [0.4, 0.5) is 17.1 Å². The maximum atomic E-state index is 6.74. The molecule has 3 nitrogen and oxygen atoms in total. The quantitative estimate of drug-likeness (QED) is 0.183. The van der Waals surface area contributed by atoms with E-state index in [4.69, 9.17) is 8.83 Å². The molecule has 244 valence electrons. The summed E-state index contributed by atoms with van der Waals surface area (Å²) in [6.45, 7) is 0. The van der Waals surface area contributed by atoms with Crippen molar-refractivity contribution < 1.29 is 8.83 Å². The average Bonchev–Trinajstić information content (AvgIpc) is 3.87. The normalized spacial score (nSPS) is 13.2. The highest BCUT2D eigenvalue weighted by Gasteiger charge is 2.46. The summed E-state index contributed by atoms with van der Waals surface area (Å²) in [5, 5.41) is 4.35. The number of furan rings is 2. The van der Waals surface area contributed by atoms with Crippen LogP contribution in [0.15, 0.2) is 197 Å². The molecule has 0 radical (unpaired) electrons.